The Balaban J connectivity index is 2.01. The third-order valence-electron chi connectivity index (χ3n) is 4.09. The van der Waals surface area contributed by atoms with Crippen molar-refractivity contribution < 1.29 is 0 Å². The molecule has 2 atom stereocenters. The average Bonchev–Trinajstić information content (AvgIpc) is 2.58. The zero-order valence-corrected chi connectivity index (χ0v) is 13.2. The third kappa shape index (κ3) is 3.26. The Kier molecular flexibility index (Phi) is 4.65. The molecule has 1 aliphatic carbocycles. The number of alkyl halides is 1. The van der Waals surface area contributed by atoms with Gasteiger partial charge in [0.05, 0.1) is 5.38 Å². The van der Waals surface area contributed by atoms with Crippen molar-refractivity contribution in [2.45, 2.75) is 24.1 Å². The molecule has 0 bridgehead atoms. The second kappa shape index (κ2) is 6.85. The van der Waals surface area contributed by atoms with Crippen molar-refractivity contribution in [2.24, 2.45) is 0 Å². The van der Waals surface area contributed by atoms with Crippen LogP contribution in [0.1, 0.15) is 35.3 Å². The van der Waals surface area contributed by atoms with Crippen LogP contribution in [0.4, 0.5) is 5.69 Å². The van der Waals surface area contributed by atoms with Crippen LogP contribution in [0.25, 0.3) is 0 Å². The summed E-state index contributed by atoms with van der Waals surface area (Å²) < 4.78 is 0. The fourth-order valence-corrected chi connectivity index (χ4v) is 3.36. The molecular formula is C20H20ClN. The Labute approximate surface area is 137 Å². The van der Waals surface area contributed by atoms with Gasteiger partial charge < -0.3 is 5.73 Å². The van der Waals surface area contributed by atoms with Gasteiger partial charge in [-0.05, 0) is 41.7 Å². The second-order valence-electron chi connectivity index (χ2n) is 5.64. The van der Waals surface area contributed by atoms with Gasteiger partial charge in [-0.2, -0.15) is 0 Å². The van der Waals surface area contributed by atoms with E-state index >= 15 is 0 Å². The summed E-state index contributed by atoms with van der Waals surface area (Å²) in [5.74, 6) is 0.140. The van der Waals surface area contributed by atoms with E-state index in [1.807, 2.05) is 30.3 Å². The molecule has 1 aliphatic rings. The monoisotopic (exact) mass is 309 g/mol. The molecule has 0 spiro atoms. The molecule has 2 aromatic carbocycles. The highest BCUT2D eigenvalue weighted by Gasteiger charge is 2.25. The minimum absolute atomic E-state index is 0.0983. The summed E-state index contributed by atoms with van der Waals surface area (Å²) in [7, 11) is 0. The molecule has 2 aromatic rings. The lowest BCUT2D eigenvalue weighted by atomic mass is 9.83. The van der Waals surface area contributed by atoms with Crippen molar-refractivity contribution in [1.82, 2.24) is 0 Å². The van der Waals surface area contributed by atoms with Crippen LogP contribution in [0.15, 0.2) is 78.4 Å². The first-order valence-electron chi connectivity index (χ1n) is 7.67. The number of rotatable bonds is 4. The van der Waals surface area contributed by atoms with E-state index in [-0.39, 0.29) is 11.3 Å². The number of nitrogens with two attached hydrogens (primary N) is 1. The molecule has 0 radical (unpaired) electrons. The number of benzene rings is 2. The van der Waals surface area contributed by atoms with E-state index in [2.05, 4.69) is 42.5 Å². The van der Waals surface area contributed by atoms with Gasteiger partial charge in [0.1, 0.15) is 0 Å². The minimum Gasteiger partial charge on any atom is -0.399 e. The number of nitrogen functional groups attached to an aromatic ring is 1. The fraction of sp³-hybridized carbons (Fsp3) is 0.200. The lowest BCUT2D eigenvalue weighted by molar-refractivity contribution is 0.762. The molecule has 0 heterocycles. The zero-order chi connectivity index (χ0) is 15.4. The maximum absolute atomic E-state index is 6.87. The third-order valence-corrected chi connectivity index (χ3v) is 4.59. The molecule has 0 amide bonds. The maximum Gasteiger partial charge on any atom is 0.0694 e. The zero-order valence-electron chi connectivity index (χ0n) is 12.5. The van der Waals surface area contributed by atoms with E-state index in [1.54, 1.807) is 0 Å². The number of allylic oxidation sites excluding steroid dienone is 4. The molecule has 0 aliphatic heterocycles. The fourth-order valence-electron chi connectivity index (χ4n) is 2.93. The predicted molar refractivity (Wildman–Crippen MR) is 95.1 cm³/mol. The molecule has 2 N–H and O–H groups in total. The second-order valence-corrected chi connectivity index (χ2v) is 6.11. The Bertz CT molecular complexity index is 671. The Morgan fingerprint density at radius 3 is 2.23 bits per heavy atom. The first kappa shape index (κ1) is 14.9. The standard InChI is InChI=1S/C20H20ClN/c21-20(17-9-5-2-6-10-17)19(15-7-3-1-4-8-15)16-11-13-18(22)14-12-16/h2-3,5-14,19-20H,1,4,22H2. The summed E-state index contributed by atoms with van der Waals surface area (Å²) in [5, 5.41) is -0.0983. The largest absolute Gasteiger partial charge is 0.399 e. The van der Waals surface area contributed by atoms with Crippen molar-refractivity contribution in [3.05, 3.63) is 89.5 Å². The van der Waals surface area contributed by atoms with Crippen molar-refractivity contribution >= 4 is 17.3 Å². The normalized spacial score (nSPS) is 16.9. The van der Waals surface area contributed by atoms with E-state index in [1.165, 1.54) is 11.1 Å². The average molecular weight is 310 g/mol. The Hall–Kier alpha value is -1.99. The number of halogens is 1. The highest BCUT2D eigenvalue weighted by atomic mass is 35.5. The van der Waals surface area contributed by atoms with Gasteiger partial charge in [0.15, 0.2) is 0 Å². The summed E-state index contributed by atoms with van der Waals surface area (Å²) in [5.41, 5.74) is 10.3. The number of hydrogen-bond acceptors (Lipinski definition) is 1. The topological polar surface area (TPSA) is 26.0 Å². The van der Waals surface area contributed by atoms with E-state index in [0.717, 1.165) is 24.1 Å². The van der Waals surface area contributed by atoms with Gasteiger partial charge in [-0.25, -0.2) is 0 Å². The van der Waals surface area contributed by atoms with Crippen LogP contribution < -0.4 is 5.73 Å². The van der Waals surface area contributed by atoms with E-state index < -0.39 is 0 Å². The summed E-state index contributed by atoms with van der Waals surface area (Å²) in [4.78, 5) is 0. The Morgan fingerprint density at radius 2 is 1.59 bits per heavy atom. The number of anilines is 1. The molecule has 2 unspecified atom stereocenters. The van der Waals surface area contributed by atoms with Crippen LogP contribution in [-0.2, 0) is 0 Å². The van der Waals surface area contributed by atoms with E-state index in [9.17, 15) is 0 Å². The first-order valence-corrected chi connectivity index (χ1v) is 8.10. The van der Waals surface area contributed by atoms with Crippen LogP contribution in [-0.4, -0.2) is 0 Å². The molecule has 112 valence electrons. The van der Waals surface area contributed by atoms with Crippen LogP contribution in [0.3, 0.4) is 0 Å². The highest BCUT2D eigenvalue weighted by molar-refractivity contribution is 6.21. The van der Waals surface area contributed by atoms with Gasteiger partial charge in [0.25, 0.3) is 0 Å². The van der Waals surface area contributed by atoms with Crippen molar-refractivity contribution in [1.29, 1.82) is 0 Å². The van der Waals surface area contributed by atoms with E-state index in [4.69, 9.17) is 17.3 Å². The van der Waals surface area contributed by atoms with Gasteiger partial charge in [-0.3, -0.25) is 0 Å². The van der Waals surface area contributed by atoms with Crippen LogP contribution in [0, 0.1) is 0 Å². The lowest BCUT2D eigenvalue weighted by Crippen LogP contribution is -2.10. The quantitative estimate of drug-likeness (QED) is 0.576. The molecular weight excluding hydrogens is 290 g/mol. The van der Waals surface area contributed by atoms with Gasteiger partial charge in [0.2, 0.25) is 0 Å². The maximum atomic E-state index is 6.87. The van der Waals surface area contributed by atoms with Crippen molar-refractivity contribution in [3.8, 4) is 0 Å². The number of hydrogen-bond donors (Lipinski definition) is 1. The summed E-state index contributed by atoms with van der Waals surface area (Å²) in [6.07, 6.45) is 8.93. The molecule has 1 nitrogen and oxygen atoms in total. The molecule has 0 aromatic heterocycles. The molecule has 0 saturated heterocycles. The lowest BCUT2D eigenvalue weighted by Gasteiger charge is -2.26. The summed E-state index contributed by atoms with van der Waals surface area (Å²) in [6, 6.07) is 18.3. The van der Waals surface area contributed by atoms with Crippen LogP contribution in [0.5, 0.6) is 0 Å². The summed E-state index contributed by atoms with van der Waals surface area (Å²) >= 11 is 6.87. The molecule has 0 saturated carbocycles. The Morgan fingerprint density at radius 1 is 0.864 bits per heavy atom. The minimum atomic E-state index is -0.0983. The van der Waals surface area contributed by atoms with Gasteiger partial charge in [-0.15, -0.1) is 11.6 Å². The highest BCUT2D eigenvalue weighted by Crippen LogP contribution is 2.42. The predicted octanol–water partition coefficient (Wildman–Crippen LogP) is 5.61. The molecule has 2 heteroatoms. The van der Waals surface area contributed by atoms with Gasteiger partial charge in [-0.1, -0.05) is 60.7 Å². The first-order chi connectivity index (χ1) is 10.8. The van der Waals surface area contributed by atoms with Crippen molar-refractivity contribution in [2.75, 3.05) is 5.73 Å². The van der Waals surface area contributed by atoms with Gasteiger partial charge >= 0.3 is 0 Å². The molecule has 0 fully saturated rings. The molecule has 3 rings (SSSR count). The van der Waals surface area contributed by atoms with Gasteiger partial charge in [0, 0.05) is 11.6 Å². The smallest absolute Gasteiger partial charge is 0.0694 e. The summed E-state index contributed by atoms with van der Waals surface area (Å²) in [6.45, 7) is 0. The van der Waals surface area contributed by atoms with E-state index in [0.29, 0.717) is 0 Å². The molecule has 22 heavy (non-hydrogen) atoms. The van der Waals surface area contributed by atoms with Crippen LogP contribution >= 0.6 is 11.6 Å². The van der Waals surface area contributed by atoms with Crippen molar-refractivity contribution in [3.63, 3.8) is 0 Å². The van der Waals surface area contributed by atoms with Crippen LogP contribution in [0.2, 0.25) is 0 Å². The SMILES string of the molecule is Nc1ccc(C(C2=CCCC=C2)C(Cl)c2ccccc2)cc1.